The molecule has 2 aromatic rings. The van der Waals surface area contributed by atoms with Crippen LogP contribution >= 0.6 is 0 Å². The van der Waals surface area contributed by atoms with E-state index >= 15 is 0 Å². The predicted molar refractivity (Wildman–Crippen MR) is 105 cm³/mol. The molecule has 0 radical (unpaired) electrons. The van der Waals surface area contributed by atoms with Gasteiger partial charge in [-0.25, -0.2) is 5.48 Å². The van der Waals surface area contributed by atoms with Gasteiger partial charge in [-0.05, 0) is 19.1 Å². The maximum absolute atomic E-state index is 10.6. The second kappa shape index (κ2) is 10.6. The Balaban J connectivity index is 0.000000346. The van der Waals surface area contributed by atoms with Crippen LogP contribution in [0.2, 0.25) is 0 Å². The highest BCUT2D eigenvalue weighted by molar-refractivity contribution is 7.85. The summed E-state index contributed by atoms with van der Waals surface area (Å²) in [6.07, 6.45) is 1.02. The van der Waals surface area contributed by atoms with Crippen LogP contribution in [0.1, 0.15) is 11.1 Å². The quantitative estimate of drug-likeness (QED) is 0.172. The summed E-state index contributed by atoms with van der Waals surface area (Å²) >= 11 is 0. The number of guanidine groups is 1. The molecule has 0 saturated carbocycles. The van der Waals surface area contributed by atoms with Gasteiger partial charge in [-0.15, -0.1) is 5.10 Å². The van der Waals surface area contributed by atoms with E-state index in [9.17, 15) is 28.6 Å². The molecule has 0 aliphatic heterocycles. The van der Waals surface area contributed by atoms with Crippen LogP contribution in [0.3, 0.4) is 0 Å². The molecule has 2 aromatic carbocycles. The zero-order chi connectivity index (χ0) is 22.9. The summed E-state index contributed by atoms with van der Waals surface area (Å²) in [5.74, 6) is -0.406. The van der Waals surface area contributed by atoms with E-state index in [0.29, 0.717) is 0 Å². The Morgan fingerprint density at radius 1 is 1.10 bits per heavy atom. The molecule has 5 N–H and O–H groups in total. The number of hydrogen-bond acceptors (Lipinski definition) is 9. The molecule has 0 saturated heterocycles. The Kier molecular flexibility index (Phi) is 8.48. The van der Waals surface area contributed by atoms with E-state index in [2.05, 4.69) is 10.2 Å². The molecule has 0 bridgehead atoms. The molecule has 0 amide bonds. The van der Waals surface area contributed by atoms with E-state index in [1.165, 1.54) is 17.6 Å². The lowest BCUT2D eigenvalue weighted by Gasteiger charge is -1.96. The number of hydroxylamine groups is 1. The minimum absolute atomic E-state index is 0.0666. The third-order valence-corrected chi connectivity index (χ3v) is 4.02. The molecule has 0 atom stereocenters. The molecule has 15 heteroatoms. The van der Waals surface area contributed by atoms with Crippen LogP contribution in [0.25, 0.3) is 0 Å². The number of non-ortho nitro benzene ring substituents is 2. The van der Waals surface area contributed by atoms with E-state index in [1.54, 1.807) is 12.1 Å². The van der Waals surface area contributed by atoms with Gasteiger partial charge in [0.15, 0.2) is 0 Å². The number of hydrogen-bond donors (Lipinski definition) is 4. The Morgan fingerprint density at radius 3 is 2.00 bits per heavy atom. The fourth-order valence-corrected chi connectivity index (χ4v) is 2.27. The van der Waals surface area contributed by atoms with Gasteiger partial charge >= 0.3 is 0 Å². The summed E-state index contributed by atoms with van der Waals surface area (Å²) in [4.78, 5) is 19.6. The zero-order valence-corrected chi connectivity index (χ0v) is 16.1. The SMILES string of the molecule is Cc1ccc(S(=O)(=O)O)cc1.NC(=NN=Cc1cc([N+](=O)[O-])cc([N+](=O)[O-])c1)NO. The molecular formula is C15H16N6O8S. The first-order chi connectivity index (χ1) is 13.9. The first kappa shape index (κ1) is 24.1. The standard InChI is InChI=1S/C8H8N6O5.C7H8O3S/c9-8(12-15)11-10-4-5-1-6(13(16)17)3-7(2-5)14(18)19;1-6-2-4-7(5-3-6)11(8,9)10/h1-4,15H,(H3,9,11,12);2-5H,1H3,(H,8,9,10). The summed E-state index contributed by atoms with van der Waals surface area (Å²) in [5.41, 5.74) is 6.71. The fraction of sp³-hybridized carbons (Fsp3) is 0.0667. The summed E-state index contributed by atoms with van der Waals surface area (Å²) in [5, 5.41) is 36.1. The van der Waals surface area contributed by atoms with E-state index < -0.39 is 37.3 Å². The average Bonchev–Trinajstić information content (AvgIpc) is 2.67. The van der Waals surface area contributed by atoms with Crippen LogP contribution < -0.4 is 11.2 Å². The number of nitrogens with one attached hydrogen (secondary N) is 1. The number of benzene rings is 2. The third kappa shape index (κ3) is 7.97. The van der Waals surface area contributed by atoms with Crippen LogP contribution in [-0.2, 0) is 10.1 Å². The van der Waals surface area contributed by atoms with Crippen molar-refractivity contribution in [3.05, 3.63) is 73.8 Å². The Bertz CT molecular complexity index is 1050. The maximum Gasteiger partial charge on any atom is 0.294 e. The van der Waals surface area contributed by atoms with Crippen molar-refractivity contribution in [1.29, 1.82) is 0 Å². The van der Waals surface area contributed by atoms with E-state index in [0.717, 1.165) is 30.0 Å². The molecule has 0 spiro atoms. The number of nitrogens with two attached hydrogens (primary N) is 1. The largest absolute Gasteiger partial charge is 0.367 e. The van der Waals surface area contributed by atoms with Crippen LogP contribution in [0.15, 0.2) is 57.6 Å². The van der Waals surface area contributed by atoms with Crippen molar-refractivity contribution in [2.75, 3.05) is 0 Å². The second-order valence-electron chi connectivity index (χ2n) is 5.43. The van der Waals surface area contributed by atoms with E-state index in [-0.39, 0.29) is 10.5 Å². The molecule has 0 unspecified atom stereocenters. The summed E-state index contributed by atoms with van der Waals surface area (Å²) in [6.45, 7) is 1.84. The third-order valence-electron chi connectivity index (χ3n) is 3.15. The maximum atomic E-state index is 10.6. The van der Waals surface area contributed by atoms with Crippen molar-refractivity contribution < 1.29 is 28.0 Å². The van der Waals surface area contributed by atoms with E-state index in [4.69, 9.17) is 15.5 Å². The van der Waals surface area contributed by atoms with Gasteiger partial charge in [0.1, 0.15) is 0 Å². The fourth-order valence-electron chi connectivity index (χ4n) is 1.79. The molecule has 2 rings (SSSR count). The van der Waals surface area contributed by atoms with Gasteiger partial charge in [-0.3, -0.25) is 30.0 Å². The topological polar surface area (TPSA) is 224 Å². The lowest BCUT2D eigenvalue weighted by molar-refractivity contribution is -0.394. The minimum Gasteiger partial charge on any atom is -0.367 e. The Morgan fingerprint density at radius 2 is 1.60 bits per heavy atom. The lowest BCUT2D eigenvalue weighted by Crippen LogP contribution is -2.27. The first-order valence-corrected chi connectivity index (χ1v) is 9.12. The summed E-state index contributed by atoms with van der Waals surface area (Å²) in [7, 11) is -4.02. The van der Waals surface area contributed by atoms with Gasteiger partial charge in [0, 0.05) is 17.7 Å². The van der Waals surface area contributed by atoms with Gasteiger partial charge in [0.25, 0.3) is 21.5 Å². The normalized spacial score (nSPS) is 11.5. The van der Waals surface area contributed by atoms with Crippen molar-refractivity contribution in [2.45, 2.75) is 11.8 Å². The van der Waals surface area contributed by atoms with Crippen LogP contribution in [0, 0.1) is 27.2 Å². The highest BCUT2D eigenvalue weighted by atomic mass is 32.2. The Labute approximate surface area is 169 Å². The summed E-state index contributed by atoms with van der Waals surface area (Å²) in [6, 6.07) is 8.97. The number of aryl methyl sites for hydroxylation is 1. The highest BCUT2D eigenvalue weighted by Crippen LogP contribution is 2.21. The van der Waals surface area contributed by atoms with Gasteiger partial charge in [0.2, 0.25) is 5.96 Å². The van der Waals surface area contributed by atoms with Gasteiger partial charge < -0.3 is 5.73 Å². The molecule has 0 aromatic heterocycles. The number of rotatable bonds is 5. The van der Waals surface area contributed by atoms with E-state index in [1.807, 2.05) is 6.92 Å². The minimum atomic E-state index is -4.02. The molecule has 30 heavy (non-hydrogen) atoms. The highest BCUT2D eigenvalue weighted by Gasteiger charge is 2.15. The predicted octanol–water partition coefficient (Wildman–Crippen LogP) is 1.37. The average molecular weight is 440 g/mol. The smallest absolute Gasteiger partial charge is 0.294 e. The van der Waals surface area contributed by atoms with Gasteiger partial charge in [-0.1, -0.05) is 17.7 Å². The van der Waals surface area contributed by atoms with Crippen LogP contribution in [0.4, 0.5) is 11.4 Å². The first-order valence-electron chi connectivity index (χ1n) is 7.68. The second-order valence-corrected chi connectivity index (χ2v) is 6.85. The van der Waals surface area contributed by atoms with Crippen molar-refractivity contribution in [1.82, 2.24) is 5.48 Å². The monoisotopic (exact) mass is 440 g/mol. The summed E-state index contributed by atoms with van der Waals surface area (Å²) < 4.78 is 29.6. The van der Waals surface area contributed by atoms with Crippen molar-refractivity contribution in [2.24, 2.45) is 15.9 Å². The number of nitro groups is 2. The number of nitrogens with zero attached hydrogens (tertiary/aromatic N) is 4. The molecule has 14 nitrogen and oxygen atoms in total. The lowest BCUT2D eigenvalue weighted by atomic mass is 10.2. The van der Waals surface area contributed by atoms with Crippen molar-refractivity contribution >= 4 is 33.7 Å². The molecule has 160 valence electrons. The molecule has 0 heterocycles. The van der Waals surface area contributed by atoms with Crippen molar-refractivity contribution in [3.63, 3.8) is 0 Å². The molecule has 0 aliphatic rings. The van der Waals surface area contributed by atoms with Gasteiger partial charge in [0.05, 0.1) is 27.0 Å². The number of nitro benzene ring substituents is 2. The molecule has 0 fully saturated rings. The van der Waals surface area contributed by atoms with Crippen molar-refractivity contribution in [3.8, 4) is 0 Å². The zero-order valence-electron chi connectivity index (χ0n) is 15.2. The van der Waals surface area contributed by atoms with Gasteiger partial charge in [-0.2, -0.15) is 13.5 Å². The van der Waals surface area contributed by atoms with Crippen LogP contribution in [-0.4, -0.2) is 40.2 Å². The van der Waals surface area contributed by atoms with Crippen LogP contribution in [0.5, 0.6) is 0 Å². The molecular weight excluding hydrogens is 424 g/mol. The molecule has 0 aliphatic carbocycles. The Hall–Kier alpha value is -3.95.